The van der Waals surface area contributed by atoms with E-state index in [9.17, 15) is 9.59 Å². The summed E-state index contributed by atoms with van der Waals surface area (Å²) in [6, 6.07) is 13.3. The number of ether oxygens (including phenoxy) is 2. The van der Waals surface area contributed by atoms with Crippen LogP contribution in [0.2, 0.25) is 0 Å². The maximum absolute atomic E-state index is 16.4. The standard InChI is InChI=1S/C28H34BrFN2O4/c1-4-35-24(33)14-20-15-27(25-21(20)9-7-10-22(25)29)12-13-32-28(30,17-27)26(34)31-16-19-8-5-6-11-23(19)36-18(2)3/h5-11,18,20,32H,4,12-17H2,1-3H3,(H,31,34). The first-order chi connectivity index (χ1) is 17.2. The predicted molar refractivity (Wildman–Crippen MR) is 140 cm³/mol. The quantitative estimate of drug-likeness (QED) is 0.339. The highest BCUT2D eigenvalue weighted by Gasteiger charge is 2.55. The number of alkyl halides is 1. The van der Waals surface area contributed by atoms with Crippen molar-refractivity contribution in [3.63, 3.8) is 0 Å². The molecule has 1 aliphatic carbocycles. The van der Waals surface area contributed by atoms with Crippen molar-refractivity contribution in [3.05, 3.63) is 63.6 Å². The molecule has 0 bridgehead atoms. The van der Waals surface area contributed by atoms with Crippen LogP contribution in [0.25, 0.3) is 0 Å². The lowest BCUT2D eigenvalue weighted by Gasteiger charge is -2.43. The number of benzene rings is 2. The second-order valence-corrected chi connectivity index (χ2v) is 10.9. The van der Waals surface area contributed by atoms with Crippen LogP contribution < -0.4 is 15.4 Å². The molecule has 2 aliphatic rings. The lowest BCUT2D eigenvalue weighted by molar-refractivity contribution is -0.144. The zero-order valence-electron chi connectivity index (χ0n) is 21.0. The van der Waals surface area contributed by atoms with Gasteiger partial charge in [0.25, 0.3) is 5.91 Å². The lowest BCUT2D eigenvalue weighted by Crippen LogP contribution is -2.60. The van der Waals surface area contributed by atoms with Crippen molar-refractivity contribution in [2.24, 2.45) is 0 Å². The number of hydrogen-bond donors (Lipinski definition) is 2. The molecule has 36 heavy (non-hydrogen) atoms. The van der Waals surface area contributed by atoms with Crippen LogP contribution in [0.4, 0.5) is 4.39 Å². The first-order valence-corrected chi connectivity index (χ1v) is 13.4. The van der Waals surface area contributed by atoms with Crippen molar-refractivity contribution in [2.75, 3.05) is 13.2 Å². The minimum absolute atomic E-state index is 0.00901. The Labute approximate surface area is 220 Å². The molecule has 4 rings (SSSR count). The van der Waals surface area contributed by atoms with Crippen molar-refractivity contribution < 1.29 is 23.5 Å². The summed E-state index contributed by atoms with van der Waals surface area (Å²) in [5.41, 5.74) is 2.26. The number of halogens is 2. The van der Waals surface area contributed by atoms with Gasteiger partial charge in [0.15, 0.2) is 0 Å². The number of nitrogens with one attached hydrogen (secondary N) is 2. The van der Waals surface area contributed by atoms with E-state index in [1.54, 1.807) is 6.92 Å². The van der Waals surface area contributed by atoms with Gasteiger partial charge in [0.1, 0.15) is 5.75 Å². The Bertz CT molecular complexity index is 1130. The molecule has 1 fully saturated rings. The van der Waals surface area contributed by atoms with Crippen LogP contribution in [0.15, 0.2) is 46.9 Å². The van der Waals surface area contributed by atoms with Gasteiger partial charge >= 0.3 is 5.97 Å². The van der Waals surface area contributed by atoms with E-state index in [-0.39, 0.29) is 37.4 Å². The summed E-state index contributed by atoms with van der Waals surface area (Å²) < 4.78 is 28.3. The van der Waals surface area contributed by atoms with Crippen LogP contribution in [0.1, 0.15) is 69.1 Å². The average molecular weight is 561 g/mol. The van der Waals surface area contributed by atoms with Crippen LogP contribution in [0.5, 0.6) is 5.75 Å². The van der Waals surface area contributed by atoms with Crippen molar-refractivity contribution in [3.8, 4) is 5.75 Å². The van der Waals surface area contributed by atoms with E-state index in [0.29, 0.717) is 31.7 Å². The summed E-state index contributed by atoms with van der Waals surface area (Å²) in [4.78, 5) is 25.6. The molecule has 1 amide bonds. The van der Waals surface area contributed by atoms with Gasteiger partial charge in [-0.15, -0.1) is 0 Å². The number of rotatable bonds is 8. The molecule has 1 spiro atoms. The minimum Gasteiger partial charge on any atom is -0.491 e. The maximum atomic E-state index is 16.4. The maximum Gasteiger partial charge on any atom is 0.306 e. The minimum atomic E-state index is -2.24. The molecule has 0 aromatic heterocycles. The summed E-state index contributed by atoms with van der Waals surface area (Å²) >= 11 is 3.67. The van der Waals surface area contributed by atoms with Gasteiger partial charge in [-0.05, 0) is 69.3 Å². The fourth-order valence-electron chi connectivity index (χ4n) is 5.73. The van der Waals surface area contributed by atoms with E-state index in [0.717, 1.165) is 21.2 Å². The van der Waals surface area contributed by atoms with E-state index in [1.165, 1.54) is 0 Å². The zero-order chi connectivity index (χ0) is 25.9. The second kappa shape index (κ2) is 10.9. The van der Waals surface area contributed by atoms with Gasteiger partial charge in [0, 0.05) is 28.4 Å². The van der Waals surface area contributed by atoms with Gasteiger partial charge in [0.05, 0.1) is 19.1 Å². The SMILES string of the molecule is CCOC(=O)CC1CC2(CCNC(F)(C(=O)NCc3ccccc3OC(C)C)C2)c2c(Br)cccc21. The van der Waals surface area contributed by atoms with Gasteiger partial charge in [-0.1, -0.05) is 46.3 Å². The number of para-hydroxylation sites is 1. The largest absolute Gasteiger partial charge is 0.491 e. The summed E-state index contributed by atoms with van der Waals surface area (Å²) in [6.45, 7) is 6.49. The number of hydrogen-bond acceptors (Lipinski definition) is 5. The molecule has 0 radical (unpaired) electrons. The summed E-state index contributed by atoms with van der Waals surface area (Å²) in [5, 5.41) is 5.62. The smallest absolute Gasteiger partial charge is 0.306 e. The zero-order valence-corrected chi connectivity index (χ0v) is 22.6. The Morgan fingerprint density at radius 1 is 1.22 bits per heavy atom. The number of piperidine rings is 1. The fourth-order valence-corrected chi connectivity index (χ4v) is 6.53. The molecule has 1 aliphatic heterocycles. The molecule has 2 N–H and O–H groups in total. The molecule has 3 unspecified atom stereocenters. The van der Waals surface area contributed by atoms with Crippen LogP contribution >= 0.6 is 15.9 Å². The number of carbonyl (C=O) groups excluding carboxylic acids is 2. The highest BCUT2D eigenvalue weighted by atomic mass is 79.9. The van der Waals surface area contributed by atoms with Crippen molar-refractivity contribution in [1.82, 2.24) is 10.6 Å². The molecule has 0 saturated carbocycles. The summed E-state index contributed by atoms with van der Waals surface area (Å²) in [5.74, 6) is -2.60. The Balaban J connectivity index is 1.54. The van der Waals surface area contributed by atoms with Crippen LogP contribution in [-0.4, -0.2) is 36.9 Å². The van der Waals surface area contributed by atoms with E-state index >= 15 is 4.39 Å². The Morgan fingerprint density at radius 3 is 2.75 bits per heavy atom. The van der Waals surface area contributed by atoms with Crippen LogP contribution in [-0.2, 0) is 26.3 Å². The number of esters is 1. The van der Waals surface area contributed by atoms with E-state index in [1.807, 2.05) is 56.3 Å². The molecule has 6 nitrogen and oxygen atoms in total. The van der Waals surface area contributed by atoms with Crippen molar-refractivity contribution >= 4 is 27.8 Å². The van der Waals surface area contributed by atoms with E-state index < -0.39 is 17.1 Å². The molecule has 1 heterocycles. The molecule has 2 aromatic rings. The third-order valence-electron chi connectivity index (χ3n) is 7.10. The molecule has 1 saturated heterocycles. The molecule has 3 atom stereocenters. The molecule has 8 heteroatoms. The van der Waals surface area contributed by atoms with Gasteiger partial charge in [0.2, 0.25) is 5.79 Å². The van der Waals surface area contributed by atoms with Gasteiger partial charge < -0.3 is 14.8 Å². The number of amides is 1. The average Bonchev–Trinajstić information content (AvgIpc) is 3.11. The first-order valence-electron chi connectivity index (χ1n) is 12.6. The lowest BCUT2D eigenvalue weighted by atomic mass is 9.70. The summed E-state index contributed by atoms with van der Waals surface area (Å²) in [7, 11) is 0. The Kier molecular flexibility index (Phi) is 8.05. The Morgan fingerprint density at radius 2 is 2.00 bits per heavy atom. The molecule has 2 aromatic carbocycles. The Hall–Kier alpha value is -2.45. The van der Waals surface area contributed by atoms with Crippen LogP contribution in [0.3, 0.4) is 0 Å². The monoisotopic (exact) mass is 560 g/mol. The first kappa shape index (κ1) is 26.6. The van der Waals surface area contributed by atoms with Crippen LogP contribution in [0, 0.1) is 0 Å². The van der Waals surface area contributed by atoms with Gasteiger partial charge in [-0.3, -0.25) is 14.9 Å². The van der Waals surface area contributed by atoms with Gasteiger partial charge in [-0.2, -0.15) is 0 Å². The van der Waals surface area contributed by atoms with Crippen molar-refractivity contribution in [2.45, 2.75) is 76.2 Å². The topological polar surface area (TPSA) is 76.7 Å². The van der Waals surface area contributed by atoms with E-state index in [4.69, 9.17) is 9.47 Å². The third kappa shape index (κ3) is 5.44. The molecule has 194 valence electrons. The highest BCUT2D eigenvalue weighted by Crippen LogP contribution is 2.56. The normalized spacial score (nSPS) is 25.0. The molecular weight excluding hydrogens is 527 g/mol. The second-order valence-electron chi connectivity index (χ2n) is 10.0. The number of carbonyl (C=O) groups is 2. The fraction of sp³-hybridized carbons (Fsp3) is 0.500. The third-order valence-corrected chi connectivity index (χ3v) is 7.76. The molecular formula is C28H34BrFN2O4. The van der Waals surface area contributed by atoms with Crippen molar-refractivity contribution in [1.29, 1.82) is 0 Å². The number of fused-ring (bicyclic) bond motifs is 2. The highest BCUT2D eigenvalue weighted by molar-refractivity contribution is 9.10. The summed E-state index contributed by atoms with van der Waals surface area (Å²) in [6.07, 6.45) is 1.48. The predicted octanol–water partition coefficient (Wildman–Crippen LogP) is 5.28. The van der Waals surface area contributed by atoms with Gasteiger partial charge in [-0.25, -0.2) is 4.39 Å². The van der Waals surface area contributed by atoms with E-state index in [2.05, 4.69) is 26.6 Å².